The zero-order valence-electron chi connectivity index (χ0n) is 16.3. The van der Waals surface area contributed by atoms with Crippen LogP contribution >= 0.6 is 11.8 Å². The molecule has 150 valence electrons. The van der Waals surface area contributed by atoms with Gasteiger partial charge in [-0.15, -0.1) is 0 Å². The van der Waals surface area contributed by atoms with Crippen LogP contribution in [-0.4, -0.2) is 41.2 Å². The lowest BCUT2D eigenvalue weighted by Gasteiger charge is -2.08. The molecule has 1 aliphatic heterocycles. The fourth-order valence-electron chi connectivity index (χ4n) is 3.18. The number of aromatic carboxylic acids is 1. The van der Waals surface area contributed by atoms with E-state index in [1.807, 2.05) is 42.5 Å². The summed E-state index contributed by atoms with van der Waals surface area (Å²) in [4.78, 5) is 30.3. The summed E-state index contributed by atoms with van der Waals surface area (Å²) >= 11 is 1.29. The lowest BCUT2D eigenvalue weighted by atomic mass is 10.0. The first-order chi connectivity index (χ1) is 14.5. The van der Waals surface area contributed by atoms with Crippen LogP contribution in [0.25, 0.3) is 16.8 Å². The summed E-state index contributed by atoms with van der Waals surface area (Å²) in [5, 5.41) is 11.5. The van der Waals surface area contributed by atoms with Gasteiger partial charge in [-0.05, 0) is 59.1 Å². The van der Waals surface area contributed by atoms with E-state index in [9.17, 15) is 9.59 Å². The Morgan fingerprint density at radius 2 is 1.77 bits per heavy atom. The van der Waals surface area contributed by atoms with E-state index in [0.29, 0.717) is 15.8 Å². The maximum atomic E-state index is 12.8. The fraction of sp³-hybridized carbons (Fsp3) is 0.0870. The van der Waals surface area contributed by atoms with Crippen LogP contribution in [0.4, 0.5) is 5.69 Å². The summed E-state index contributed by atoms with van der Waals surface area (Å²) in [6.07, 6.45) is 1.86. The molecule has 1 saturated heterocycles. The third-order valence-corrected chi connectivity index (χ3v) is 5.83. The number of carbonyl (C=O) groups excluding carboxylic acids is 1. The second kappa shape index (κ2) is 8.04. The molecule has 4 rings (SSSR count). The molecule has 0 radical (unpaired) electrons. The number of amidine groups is 1. The van der Waals surface area contributed by atoms with Crippen LogP contribution in [-0.2, 0) is 4.79 Å². The van der Waals surface area contributed by atoms with Crippen LogP contribution in [0.15, 0.2) is 70.6 Å². The first-order valence-corrected chi connectivity index (χ1v) is 9.95. The molecule has 6 nitrogen and oxygen atoms in total. The lowest BCUT2D eigenvalue weighted by molar-refractivity contribution is -0.121. The van der Waals surface area contributed by atoms with Gasteiger partial charge in [-0.1, -0.05) is 30.3 Å². The molecule has 3 aromatic rings. The van der Waals surface area contributed by atoms with Gasteiger partial charge >= 0.3 is 5.97 Å². The number of carbonyl (C=O) groups is 2. The summed E-state index contributed by atoms with van der Waals surface area (Å²) < 4.78 is 5.44. The van der Waals surface area contributed by atoms with Crippen molar-refractivity contribution in [1.29, 1.82) is 0 Å². The number of carboxylic acids is 1. The van der Waals surface area contributed by atoms with Gasteiger partial charge in [0, 0.05) is 12.4 Å². The fourth-order valence-corrected chi connectivity index (χ4v) is 4.16. The molecule has 0 atom stereocenters. The predicted octanol–water partition coefficient (Wildman–Crippen LogP) is 4.78. The third kappa shape index (κ3) is 3.67. The second-order valence-electron chi connectivity index (χ2n) is 6.62. The molecular weight excluding hydrogens is 400 g/mol. The van der Waals surface area contributed by atoms with E-state index >= 15 is 0 Å². The zero-order chi connectivity index (χ0) is 21.3. The Balaban J connectivity index is 1.68. The van der Waals surface area contributed by atoms with E-state index in [1.165, 1.54) is 28.8 Å². The Hall–Kier alpha value is -3.58. The van der Waals surface area contributed by atoms with E-state index in [4.69, 9.17) is 9.84 Å². The van der Waals surface area contributed by atoms with Gasteiger partial charge in [0.1, 0.15) is 5.75 Å². The monoisotopic (exact) mass is 418 g/mol. The summed E-state index contributed by atoms with van der Waals surface area (Å²) in [6.45, 7) is 0. The second-order valence-corrected chi connectivity index (χ2v) is 7.63. The molecule has 0 aliphatic carbocycles. The molecule has 1 N–H and O–H groups in total. The summed E-state index contributed by atoms with van der Waals surface area (Å²) in [6, 6.07) is 17.9. The Morgan fingerprint density at radius 1 is 1.07 bits per heavy atom. The molecule has 1 heterocycles. The van der Waals surface area contributed by atoms with Crippen molar-refractivity contribution >= 4 is 51.3 Å². The normalized spacial score (nSPS) is 16.6. The Morgan fingerprint density at radius 3 is 2.43 bits per heavy atom. The average molecular weight is 418 g/mol. The van der Waals surface area contributed by atoms with Gasteiger partial charge < -0.3 is 9.84 Å². The molecule has 0 spiro atoms. The quantitative estimate of drug-likeness (QED) is 0.617. The minimum atomic E-state index is -0.992. The molecule has 1 amide bonds. The van der Waals surface area contributed by atoms with Gasteiger partial charge in [0.05, 0.1) is 23.3 Å². The van der Waals surface area contributed by atoms with Crippen molar-refractivity contribution < 1.29 is 19.4 Å². The number of benzene rings is 3. The molecule has 30 heavy (non-hydrogen) atoms. The number of amides is 1. The van der Waals surface area contributed by atoms with E-state index in [2.05, 4.69) is 4.99 Å². The highest BCUT2D eigenvalue weighted by atomic mass is 32.2. The predicted molar refractivity (Wildman–Crippen MR) is 119 cm³/mol. The number of ether oxygens (including phenoxy) is 1. The molecule has 0 bridgehead atoms. The smallest absolute Gasteiger partial charge is 0.335 e. The van der Waals surface area contributed by atoms with Crippen molar-refractivity contribution in [3.05, 3.63) is 76.7 Å². The van der Waals surface area contributed by atoms with Crippen molar-refractivity contribution in [3.63, 3.8) is 0 Å². The van der Waals surface area contributed by atoms with Gasteiger partial charge in [0.25, 0.3) is 5.91 Å². The number of methoxy groups -OCH3 is 1. The third-order valence-electron chi connectivity index (χ3n) is 4.77. The first kappa shape index (κ1) is 19.7. The maximum Gasteiger partial charge on any atom is 0.335 e. The first-order valence-electron chi connectivity index (χ1n) is 9.13. The van der Waals surface area contributed by atoms with Crippen LogP contribution in [0.2, 0.25) is 0 Å². The van der Waals surface area contributed by atoms with Crippen molar-refractivity contribution in [2.24, 2.45) is 4.99 Å². The summed E-state index contributed by atoms with van der Waals surface area (Å²) in [5.41, 5.74) is 1.69. The highest BCUT2D eigenvalue weighted by molar-refractivity contribution is 8.18. The number of hydrogen-bond donors (Lipinski definition) is 1. The van der Waals surface area contributed by atoms with Crippen molar-refractivity contribution in [2.45, 2.75) is 0 Å². The number of thioether (sulfide) groups is 1. The van der Waals surface area contributed by atoms with Crippen LogP contribution in [0.1, 0.15) is 15.9 Å². The van der Waals surface area contributed by atoms with Gasteiger partial charge in [0.15, 0.2) is 5.17 Å². The van der Waals surface area contributed by atoms with Gasteiger partial charge in [-0.3, -0.25) is 9.69 Å². The molecule has 1 aliphatic rings. The minimum absolute atomic E-state index is 0.138. The topological polar surface area (TPSA) is 79.2 Å². The molecule has 0 unspecified atom stereocenters. The number of likely N-dealkylation sites (N-methyl/N-ethyl adjacent to an activating group) is 1. The number of hydrogen-bond acceptors (Lipinski definition) is 5. The Kier molecular flexibility index (Phi) is 5.29. The molecule has 1 fully saturated rings. The molecular formula is C23H18N2O4S. The van der Waals surface area contributed by atoms with Crippen molar-refractivity contribution in [3.8, 4) is 5.75 Å². The zero-order valence-corrected chi connectivity index (χ0v) is 17.1. The lowest BCUT2D eigenvalue weighted by Crippen LogP contribution is -2.23. The molecule has 3 aromatic carbocycles. The average Bonchev–Trinajstić information content (AvgIpc) is 3.02. The maximum absolute atomic E-state index is 12.8. The van der Waals surface area contributed by atoms with Crippen LogP contribution in [0.5, 0.6) is 5.75 Å². The van der Waals surface area contributed by atoms with Crippen LogP contribution in [0, 0.1) is 0 Å². The highest BCUT2D eigenvalue weighted by Gasteiger charge is 2.30. The number of rotatable bonds is 4. The minimum Gasteiger partial charge on any atom is -0.496 e. The standard InChI is InChI=1S/C23H18N2O4S/c1-25-21(26)20(30-23(25)24-16-10-7-14(8-11-16)22(27)28)13-15-9-12-19(29-2)18-6-4-3-5-17(15)18/h3-13H,1-2H3,(H,27,28)/b20-13-,24-23?. The molecule has 7 heteroatoms. The Bertz CT molecular complexity index is 1220. The SMILES string of the molecule is COc1ccc(/C=C2\SC(=Nc3ccc(C(=O)O)cc3)N(C)C2=O)c2ccccc12. The number of carboxylic acid groups (broad SMARTS) is 1. The van der Waals surface area contributed by atoms with Gasteiger partial charge in [-0.2, -0.15) is 0 Å². The molecule has 0 aromatic heterocycles. The number of fused-ring (bicyclic) bond motifs is 1. The van der Waals surface area contributed by atoms with E-state index in [-0.39, 0.29) is 11.5 Å². The van der Waals surface area contributed by atoms with Crippen molar-refractivity contribution in [1.82, 2.24) is 4.90 Å². The highest BCUT2D eigenvalue weighted by Crippen LogP contribution is 2.36. The number of aliphatic imine (C=N–C) groups is 1. The van der Waals surface area contributed by atoms with Crippen LogP contribution in [0.3, 0.4) is 0 Å². The van der Waals surface area contributed by atoms with Crippen LogP contribution < -0.4 is 4.74 Å². The Labute approximate surface area is 177 Å². The van der Waals surface area contributed by atoms with E-state index in [0.717, 1.165) is 22.1 Å². The molecule has 0 saturated carbocycles. The van der Waals surface area contributed by atoms with Gasteiger partial charge in [-0.25, -0.2) is 9.79 Å². The summed E-state index contributed by atoms with van der Waals surface area (Å²) in [5.74, 6) is -0.350. The van der Waals surface area contributed by atoms with E-state index < -0.39 is 5.97 Å². The largest absolute Gasteiger partial charge is 0.496 e. The number of nitrogens with zero attached hydrogens (tertiary/aromatic N) is 2. The van der Waals surface area contributed by atoms with Crippen molar-refractivity contribution in [2.75, 3.05) is 14.2 Å². The van der Waals surface area contributed by atoms with E-state index in [1.54, 1.807) is 26.3 Å². The van der Waals surface area contributed by atoms with Gasteiger partial charge in [0.2, 0.25) is 0 Å². The summed E-state index contributed by atoms with van der Waals surface area (Å²) in [7, 11) is 3.31.